The maximum Gasteiger partial charge on any atom is 0.341 e. The average Bonchev–Trinajstić information content (AvgIpc) is 3.06. The molecule has 3 N–H and O–H groups in total. The molecule has 2 aliphatic heterocycles. The molecule has 7 nitrogen and oxygen atoms in total. The number of anilines is 1. The van der Waals surface area contributed by atoms with E-state index in [9.17, 15) is 14.4 Å². The number of amides is 1. The molecule has 2 aromatic carbocycles. The van der Waals surface area contributed by atoms with Crippen LogP contribution in [0.5, 0.6) is 0 Å². The molecule has 0 aromatic heterocycles. The molecular weight excluding hydrogens is 476 g/mol. The van der Waals surface area contributed by atoms with Crippen LogP contribution in [0.4, 0.5) is 5.69 Å². The zero-order valence-electron chi connectivity index (χ0n) is 16.9. The van der Waals surface area contributed by atoms with Crippen LogP contribution in [0.1, 0.15) is 30.4 Å². The Morgan fingerprint density at radius 2 is 1.94 bits per heavy atom. The summed E-state index contributed by atoms with van der Waals surface area (Å²) in [6.07, 6.45) is 1.26. The van der Waals surface area contributed by atoms with Crippen molar-refractivity contribution in [1.82, 2.24) is 0 Å². The van der Waals surface area contributed by atoms with Gasteiger partial charge in [-0.1, -0.05) is 46.3 Å². The van der Waals surface area contributed by atoms with Crippen molar-refractivity contribution in [2.24, 2.45) is 5.73 Å². The number of nitrogens with two attached hydrogens (primary N) is 1. The van der Waals surface area contributed by atoms with Crippen LogP contribution in [-0.4, -0.2) is 17.7 Å². The summed E-state index contributed by atoms with van der Waals surface area (Å²) >= 11 is 3.45. The smallest absolute Gasteiger partial charge is 0.341 e. The molecule has 1 spiro atoms. The van der Waals surface area contributed by atoms with Gasteiger partial charge in [0.2, 0.25) is 11.8 Å². The van der Waals surface area contributed by atoms with Gasteiger partial charge < -0.3 is 20.5 Å². The van der Waals surface area contributed by atoms with Gasteiger partial charge in [0.15, 0.2) is 11.5 Å². The SMILES string of the molecule is NC1=C(C(=O)OCc2ccccc2)[C@]2(C(=O)Nc3ccc(Br)cc32)C2=C(O1)C(=O)CCC2. The Balaban J connectivity index is 1.67. The van der Waals surface area contributed by atoms with Gasteiger partial charge in [-0.2, -0.15) is 0 Å². The molecule has 1 aliphatic carbocycles. The Labute approximate surface area is 192 Å². The van der Waals surface area contributed by atoms with Crippen molar-refractivity contribution >= 4 is 39.3 Å². The zero-order chi connectivity index (χ0) is 22.5. The summed E-state index contributed by atoms with van der Waals surface area (Å²) in [6, 6.07) is 14.5. The fraction of sp³-hybridized carbons (Fsp3) is 0.208. The van der Waals surface area contributed by atoms with E-state index < -0.39 is 17.3 Å². The van der Waals surface area contributed by atoms with Crippen LogP contribution in [0, 0.1) is 0 Å². The van der Waals surface area contributed by atoms with Gasteiger partial charge in [-0.25, -0.2) is 4.79 Å². The molecule has 32 heavy (non-hydrogen) atoms. The van der Waals surface area contributed by atoms with Crippen LogP contribution in [0.3, 0.4) is 0 Å². The summed E-state index contributed by atoms with van der Waals surface area (Å²) in [5.41, 5.74) is 6.85. The van der Waals surface area contributed by atoms with Crippen LogP contribution >= 0.6 is 15.9 Å². The highest BCUT2D eigenvalue weighted by atomic mass is 79.9. The molecule has 162 valence electrons. The summed E-state index contributed by atoms with van der Waals surface area (Å²) in [5.74, 6) is -1.69. The number of hydrogen-bond donors (Lipinski definition) is 2. The molecule has 0 fully saturated rings. The van der Waals surface area contributed by atoms with E-state index in [-0.39, 0.29) is 29.6 Å². The highest BCUT2D eigenvalue weighted by Gasteiger charge is 2.60. The van der Waals surface area contributed by atoms with Gasteiger partial charge >= 0.3 is 5.97 Å². The minimum Gasteiger partial charge on any atom is -0.457 e. The lowest BCUT2D eigenvalue weighted by Gasteiger charge is -2.38. The number of Topliss-reactive ketones (excluding diaryl/α,β-unsaturated/α-hetero) is 1. The standard InChI is InChI=1S/C24H19BrN2O5/c25-14-9-10-17-16(11-14)24(23(30)27-17)15-7-4-8-18(28)20(15)32-21(26)19(24)22(29)31-12-13-5-2-1-3-6-13/h1-3,5-6,9-11H,4,7-8,12,26H2,(H,27,30)/t24-/m0/s1. The summed E-state index contributed by atoms with van der Waals surface area (Å²) in [7, 11) is 0. The number of benzene rings is 2. The van der Waals surface area contributed by atoms with Crippen molar-refractivity contribution in [2.45, 2.75) is 31.3 Å². The lowest BCUT2D eigenvalue weighted by molar-refractivity contribution is -0.143. The van der Waals surface area contributed by atoms with Crippen molar-refractivity contribution in [3.8, 4) is 0 Å². The highest BCUT2D eigenvalue weighted by Crippen LogP contribution is 2.55. The Kier molecular flexibility index (Phi) is 4.89. The van der Waals surface area contributed by atoms with E-state index in [0.29, 0.717) is 36.1 Å². The van der Waals surface area contributed by atoms with E-state index in [1.807, 2.05) is 30.3 Å². The highest BCUT2D eigenvalue weighted by molar-refractivity contribution is 9.10. The number of fused-ring (bicyclic) bond motifs is 3. The molecule has 2 heterocycles. The number of allylic oxidation sites excluding steroid dienone is 1. The Morgan fingerprint density at radius 3 is 2.72 bits per heavy atom. The third-order valence-electron chi connectivity index (χ3n) is 6.04. The summed E-state index contributed by atoms with van der Waals surface area (Å²) in [5, 5.41) is 2.85. The van der Waals surface area contributed by atoms with Crippen LogP contribution in [0.15, 0.2) is 75.8 Å². The van der Waals surface area contributed by atoms with Gasteiger partial charge in [-0.3, -0.25) is 9.59 Å². The Bertz CT molecular complexity index is 1230. The molecule has 0 unspecified atom stereocenters. The molecule has 1 amide bonds. The van der Waals surface area contributed by atoms with Gasteiger partial charge in [0.25, 0.3) is 0 Å². The number of esters is 1. The summed E-state index contributed by atoms with van der Waals surface area (Å²) in [4.78, 5) is 39.7. The maximum atomic E-state index is 13.6. The zero-order valence-corrected chi connectivity index (χ0v) is 18.5. The number of carbonyl (C=O) groups excluding carboxylic acids is 3. The fourth-order valence-corrected chi connectivity index (χ4v) is 5.03. The number of nitrogens with one attached hydrogen (secondary N) is 1. The lowest BCUT2D eigenvalue weighted by atomic mass is 9.65. The van der Waals surface area contributed by atoms with E-state index in [1.165, 1.54) is 0 Å². The average molecular weight is 495 g/mol. The first-order chi connectivity index (χ1) is 15.4. The van der Waals surface area contributed by atoms with E-state index >= 15 is 0 Å². The molecule has 5 rings (SSSR count). The number of ketones is 1. The molecule has 1 atom stereocenters. The number of rotatable bonds is 3. The first-order valence-electron chi connectivity index (χ1n) is 10.2. The number of hydrogen-bond acceptors (Lipinski definition) is 6. The second-order valence-electron chi connectivity index (χ2n) is 7.88. The third kappa shape index (κ3) is 2.97. The minimum absolute atomic E-state index is 0.00429. The predicted octanol–water partition coefficient (Wildman–Crippen LogP) is 3.59. The van der Waals surface area contributed by atoms with Crippen LogP contribution in [0.2, 0.25) is 0 Å². The van der Waals surface area contributed by atoms with E-state index in [4.69, 9.17) is 15.2 Å². The fourth-order valence-electron chi connectivity index (χ4n) is 4.66. The molecule has 0 saturated carbocycles. The first-order valence-corrected chi connectivity index (χ1v) is 11.0. The van der Waals surface area contributed by atoms with Crippen LogP contribution < -0.4 is 11.1 Å². The second-order valence-corrected chi connectivity index (χ2v) is 8.80. The normalized spacial score (nSPS) is 21.8. The first kappa shape index (κ1) is 20.5. The molecule has 2 aromatic rings. The Morgan fingerprint density at radius 1 is 1.16 bits per heavy atom. The molecule has 0 saturated heterocycles. The topological polar surface area (TPSA) is 108 Å². The van der Waals surface area contributed by atoms with Gasteiger partial charge in [0.1, 0.15) is 17.6 Å². The van der Waals surface area contributed by atoms with E-state index in [0.717, 1.165) is 10.0 Å². The van der Waals surface area contributed by atoms with Crippen molar-refractivity contribution in [2.75, 3.05) is 5.32 Å². The monoisotopic (exact) mass is 494 g/mol. The quantitative estimate of drug-likeness (QED) is 0.631. The van der Waals surface area contributed by atoms with Gasteiger partial charge in [0, 0.05) is 27.7 Å². The number of carbonyl (C=O) groups is 3. The van der Waals surface area contributed by atoms with Crippen molar-refractivity contribution in [1.29, 1.82) is 0 Å². The molecule has 8 heteroatoms. The second kappa shape index (κ2) is 7.63. The molecule has 0 bridgehead atoms. The minimum atomic E-state index is -1.58. The Hall–Kier alpha value is -3.39. The summed E-state index contributed by atoms with van der Waals surface area (Å²) in [6.45, 7) is 0.00429. The van der Waals surface area contributed by atoms with Gasteiger partial charge in [-0.05, 0) is 36.6 Å². The predicted molar refractivity (Wildman–Crippen MR) is 119 cm³/mol. The van der Waals surface area contributed by atoms with Gasteiger partial charge in [0.05, 0.1) is 0 Å². The molecule has 3 aliphatic rings. The third-order valence-corrected chi connectivity index (χ3v) is 6.53. The summed E-state index contributed by atoms with van der Waals surface area (Å²) < 4.78 is 12.0. The number of halogens is 1. The largest absolute Gasteiger partial charge is 0.457 e. The molecule has 0 radical (unpaired) electrons. The van der Waals surface area contributed by atoms with E-state index in [2.05, 4.69) is 21.2 Å². The van der Waals surface area contributed by atoms with Crippen molar-refractivity contribution in [3.05, 3.63) is 86.9 Å². The van der Waals surface area contributed by atoms with E-state index in [1.54, 1.807) is 18.2 Å². The van der Waals surface area contributed by atoms with Crippen molar-refractivity contribution < 1.29 is 23.9 Å². The van der Waals surface area contributed by atoms with Crippen LogP contribution in [-0.2, 0) is 35.9 Å². The molecular formula is C24H19BrN2O5. The van der Waals surface area contributed by atoms with Gasteiger partial charge in [-0.15, -0.1) is 0 Å². The maximum absolute atomic E-state index is 13.6. The van der Waals surface area contributed by atoms with Crippen LogP contribution in [0.25, 0.3) is 0 Å². The number of ether oxygens (including phenoxy) is 2. The lowest BCUT2D eigenvalue weighted by Crippen LogP contribution is -2.47. The van der Waals surface area contributed by atoms with Crippen molar-refractivity contribution in [3.63, 3.8) is 0 Å².